The van der Waals surface area contributed by atoms with E-state index in [1.165, 1.54) is 10.3 Å². The number of benzene rings is 1. The summed E-state index contributed by atoms with van der Waals surface area (Å²) in [5.74, 6) is 0.690. The van der Waals surface area contributed by atoms with E-state index in [0.717, 1.165) is 17.7 Å². The van der Waals surface area contributed by atoms with Crippen molar-refractivity contribution in [3.05, 3.63) is 36.7 Å². The van der Waals surface area contributed by atoms with Crippen molar-refractivity contribution in [3.8, 4) is 0 Å². The van der Waals surface area contributed by atoms with Crippen LogP contribution >= 0.6 is 11.8 Å². The van der Waals surface area contributed by atoms with Crippen LogP contribution < -0.4 is 5.32 Å². The molecule has 0 saturated carbocycles. The van der Waals surface area contributed by atoms with Gasteiger partial charge in [0.05, 0.1) is 6.54 Å². The van der Waals surface area contributed by atoms with Crippen LogP contribution in [-0.2, 0) is 9.53 Å². The van der Waals surface area contributed by atoms with Gasteiger partial charge < -0.3 is 10.1 Å². The molecular weight excluding hydrogens is 296 g/mol. The third kappa shape index (κ3) is 5.66. The molecule has 0 unspecified atom stereocenters. The molecule has 0 saturated heterocycles. The van der Waals surface area contributed by atoms with E-state index in [1.54, 1.807) is 18.0 Å². The number of hydrogen-bond donors (Lipinski definition) is 1. The van der Waals surface area contributed by atoms with Crippen LogP contribution in [0.15, 0.2) is 41.6 Å². The maximum Gasteiger partial charge on any atom is 0.320 e. The topological polar surface area (TPSA) is 51.2 Å². The lowest BCUT2D eigenvalue weighted by Gasteiger charge is -2.19. The lowest BCUT2D eigenvalue weighted by Crippen LogP contribution is -2.32. The highest BCUT2D eigenvalue weighted by molar-refractivity contribution is 7.99. The highest BCUT2D eigenvalue weighted by Crippen LogP contribution is 2.22. The van der Waals surface area contributed by atoms with Gasteiger partial charge in [0.2, 0.25) is 0 Å². The smallest absolute Gasteiger partial charge is 0.320 e. The van der Waals surface area contributed by atoms with Gasteiger partial charge >= 0.3 is 5.97 Å². The molecule has 0 aliphatic heterocycles. The van der Waals surface area contributed by atoms with E-state index in [4.69, 9.17) is 4.74 Å². The molecular formula is C17H22N2O2S. The molecule has 1 aromatic heterocycles. The predicted octanol–water partition coefficient (Wildman–Crippen LogP) is 3.26. The van der Waals surface area contributed by atoms with Crippen LogP contribution in [0.2, 0.25) is 0 Å². The van der Waals surface area contributed by atoms with Crippen LogP contribution in [0.4, 0.5) is 0 Å². The molecule has 2 rings (SSSR count). The van der Waals surface area contributed by atoms with Crippen molar-refractivity contribution in [2.24, 2.45) is 0 Å². The Labute approximate surface area is 135 Å². The van der Waals surface area contributed by atoms with E-state index in [2.05, 4.69) is 28.5 Å². The fraction of sp³-hybridized carbons (Fsp3) is 0.412. The predicted molar refractivity (Wildman–Crippen MR) is 91.2 cm³/mol. The molecule has 0 amide bonds. The van der Waals surface area contributed by atoms with Crippen molar-refractivity contribution in [2.45, 2.75) is 31.3 Å². The summed E-state index contributed by atoms with van der Waals surface area (Å²) >= 11 is 1.77. The Morgan fingerprint density at radius 2 is 2.09 bits per heavy atom. The van der Waals surface area contributed by atoms with E-state index in [9.17, 15) is 4.79 Å². The molecule has 22 heavy (non-hydrogen) atoms. The van der Waals surface area contributed by atoms with Crippen molar-refractivity contribution in [1.82, 2.24) is 10.3 Å². The van der Waals surface area contributed by atoms with Crippen LogP contribution in [-0.4, -0.2) is 35.4 Å². The van der Waals surface area contributed by atoms with Crippen molar-refractivity contribution in [3.63, 3.8) is 0 Å². The minimum Gasteiger partial charge on any atom is -0.459 e. The first kappa shape index (κ1) is 16.8. The molecule has 0 bridgehead atoms. The number of aromatic nitrogens is 1. The van der Waals surface area contributed by atoms with Gasteiger partial charge in [-0.1, -0.05) is 6.07 Å². The normalized spacial score (nSPS) is 11.6. The van der Waals surface area contributed by atoms with Crippen molar-refractivity contribution < 1.29 is 9.53 Å². The molecule has 0 aliphatic rings. The van der Waals surface area contributed by atoms with Crippen LogP contribution in [0, 0.1) is 0 Å². The van der Waals surface area contributed by atoms with Crippen LogP contribution in [0.5, 0.6) is 0 Å². The molecule has 4 nitrogen and oxygen atoms in total. The second-order valence-corrected chi connectivity index (χ2v) is 7.16. The zero-order valence-corrected chi connectivity index (χ0v) is 14.1. The SMILES string of the molecule is CC(C)(C)OC(=O)CNCCSc1ccc2cnccc2c1. The summed E-state index contributed by atoms with van der Waals surface area (Å²) in [6, 6.07) is 8.36. The van der Waals surface area contributed by atoms with Gasteiger partial charge in [0.15, 0.2) is 0 Å². The maximum atomic E-state index is 11.5. The zero-order valence-electron chi connectivity index (χ0n) is 13.3. The van der Waals surface area contributed by atoms with Crippen LogP contribution in [0.3, 0.4) is 0 Å². The number of hydrogen-bond acceptors (Lipinski definition) is 5. The standard InChI is InChI=1S/C17H22N2O2S/c1-17(2,3)21-16(20)12-19-8-9-22-15-5-4-14-11-18-7-6-13(14)10-15/h4-7,10-11,19H,8-9,12H2,1-3H3. The fourth-order valence-corrected chi connectivity index (χ4v) is 2.82. The van der Waals surface area contributed by atoms with Crippen molar-refractivity contribution in [2.75, 3.05) is 18.8 Å². The Morgan fingerprint density at radius 1 is 1.27 bits per heavy atom. The molecule has 1 aromatic carbocycles. The van der Waals surface area contributed by atoms with E-state index in [1.807, 2.05) is 33.0 Å². The highest BCUT2D eigenvalue weighted by Gasteiger charge is 2.15. The molecule has 0 radical (unpaired) electrons. The van der Waals surface area contributed by atoms with Gasteiger partial charge in [-0.15, -0.1) is 11.8 Å². The van der Waals surface area contributed by atoms with E-state index in [-0.39, 0.29) is 12.5 Å². The minimum absolute atomic E-state index is 0.212. The Morgan fingerprint density at radius 3 is 2.86 bits per heavy atom. The van der Waals surface area contributed by atoms with Gasteiger partial charge in [0.25, 0.3) is 0 Å². The van der Waals surface area contributed by atoms with Crippen LogP contribution in [0.25, 0.3) is 10.8 Å². The minimum atomic E-state index is -0.423. The average molecular weight is 318 g/mol. The molecule has 2 aromatic rings. The molecule has 1 N–H and O–H groups in total. The fourth-order valence-electron chi connectivity index (χ4n) is 1.96. The zero-order chi connectivity index (χ0) is 16.0. The number of rotatable bonds is 6. The van der Waals surface area contributed by atoms with Crippen molar-refractivity contribution in [1.29, 1.82) is 0 Å². The van der Waals surface area contributed by atoms with Crippen LogP contribution in [0.1, 0.15) is 20.8 Å². The maximum absolute atomic E-state index is 11.5. The summed E-state index contributed by atoms with van der Waals surface area (Å²) < 4.78 is 5.24. The first-order chi connectivity index (χ1) is 10.4. The van der Waals surface area contributed by atoms with Crippen molar-refractivity contribution >= 4 is 28.5 Å². The number of ether oxygens (including phenoxy) is 1. The summed E-state index contributed by atoms with van der Waals surface area (Å²) in [5.41, 5.74) is -0.423. The molecule has 0 aliphatic carbocycles. The second-order valence-electron chi connectivity index (χ2n) is 6.00. The summed E-state index contributed by atoms with van der Waals surface area (Å²) in [6.07, 6.45) is 3.67. The van der Waals surface area contributed by atoms with E-state index >= 15 is 0 Å². The van der Waals surface area contributed by atoms with Gasteiger partial charge in [-0.2, -0.15) is 0 Å². The van der Waals surface area contributed by atoms with Gasteiger partial charge in [0, 0.05) is 35.0 Å². The molecule has 1 heterocycles. The molecule has 5 heteroatoms. The molecule has 0 fully saturated rings. The largest absolute Gasteiger partial charge is 0.459 e. The van der Waals surface area contributed by atoms with Gasteiger partial charge in [-0.3, -0.25) is 9.78 Å². The summed E-state index contributed by atoms with van der Waals surface area (Å²) in [7, 11) is 0. The van der Waals surface area contributed by atoms with Gasteiger partial charge in [0.1, 0.15) is 5.60 Å². The Kier molecular flexibility index (Phi) is 5.80. The molecule has 0 spiro atoms. The highest BCUT2D eigenvalue weighted by atomic mass is 32.2. The molecule has 0 atom stereocenters. The third-order valence-corrected chi connectivity index (χ3v) is 3.84. The number of carbonyl (C=O) groups excluding carboxylic acids is 1. The Balaban J connectivity index is 1.71. The first-order valence-corrected chi connectivity index (χ1v) is 8.32. The number of pyridine rings is 1. The number of esters is 1. The molecule has 118 valence electrons. The lowest BCUT2D eigenvalue weighted by molar-refractivity contribution is -0.153. The summed E-state index contributed by atoms with van der Waals surface area (Å²) in [5, 5.41) is 5.45. The Hall–Kier alpha value is -1.59. The number of carbonyl (C=O) groups is 1. The number of thioether (sulfide) groups is 1. The number of nitrogens with zero attached hydrogens (tertiary/aromatic N) is 1. The second kappa shape index (κ2) is 7.61. The third-order valence-electron chi connectivity index (χ3n) is 2.85. The summed E-state index contributed by atoms with van der Waals surface area (Å²) in [4.78, 5) is 16.9. The number of fused-ring (bicyclic) bond motifs is 1. The first-order valence-electron chi connectivity index (χ1n) is 7.33. The lowest BCUT2D eigenvalue weighted by atomic mass is 10.2. The quantitative estimate of drug-likeness (QED) is 0.503. The Bertz CT molecular complexity index is 638. The number of nitrogens with one attached hydrogen (secondary N) is 1. The van der Waals surface area contributed by atoms with Gasteiger partial charge in [-0.05, 0) is 44.4 Å². The monoisotopic (exact) mass is 318 g/mol. The van der Waals surface area contributed by atoms with Gasteiger partial charge in [-0.25, -0.2) is 0 Å². The summed E-state index contributed by atoms with van der Waals surface area (Å²) in [6.45, 7) is 6.63. The van der Waals surface area contributed by atoms with E-state index in [0.29, 0.717) is 0 Å². The van der Waals surface area contributed by atoms with E-state index < -0.39 is 5.60 Å². The average Bonchev–Trinajstić information content (AvgIpc) is 2.45.